The Morgan fingerprint density at radius 3 is 2.18 bits per heavy atom. The van der Waals surface area contributed by atoms with Gasteiger partial charge in [0.2, 0.25) is 5.92 Å². The van der Waals surface area contributed by atoms with Crippen LogP contribution in [0.3, 0.4) is 0 Å². The number of hydrogen-bond donors (Lipinski definition) is 0. The molecule has 1 aromatic rings. The highest BCUT2D eigenvalue weighted by molar-refractivity contribution is 9.10. The van der Waals surface area contributed by atoms with Crippen molar-refractivity contribution in [3.8, 4) is 0 Å². The van der Waals surface area contributed by atoms with Gasteiger partial charge in [0.05, 0.1) is 23.9 Å². The van der Waals surface area contributed by atoms with Gasteiger partial charge in [-0.05, 0) is 35.8 Å². The molecule has 1 aromatic heterocycles. The molecule has 0 N–H and O–H groups in total. The Labute approximate surface area is 107 Å². The Hall–Kier alpha value is -1.30. The first-order valence-corrected chi connectivity index (χ1v) is 5.97. The number of ether oxygens (including phenoxy) is 2. The maximum Gasteiger partial charge on any atom is 0.328 e. The fraction of sp³-hybridized carbons (Fsp3) is 0.455. The van der Waals surface area contributed by atoms with Crippen LogP contribution in [0, 0.1) is 0 Å². The maximum absolute atomic E-state index is 11.7. The van der Waals surface area contributed by atoms with Crippen LogP contribution in [0.1, 0.15) is 25.5 Å². The molecule has 0 aliphatic carbocycles. The Bertz CT molecular complexity index is 380. The van der Waals surface area contributed by atoms with Crippen molar-refractivity contribution in [1.82, 2.24) is 0 Å². The lowest BCUT2D eigenvalue weighted by atomic mass is 10.1. The summed E-state index contributed by atoms with van der Waals surface area (Å²) < 4.78 is 15.3. The molecule has 0 aromatic carbocycles. The molecule has 0 atom stereocenters. The maximum atomic E-state index is 11.7. The Morgan fingerprint density at radius 2 is 1.82 bits per heavy atom. The van der Waals surface area contributed by atoms with E-state index in [1.807, 2.05) is 0 Å². The van der Waals surface area contributed by atoms with Gasteiger partial charge in [-0.15, -0.1) is 0 Å². The van der Waals surface area contributed by atoms with Gasteiger partial charge in [0.1, 0.15) is 5.76 Å². The van der Waals surface area contributed by atoms with Gasteiger partial charge < -0.3 is 13.9 Å². The van der Waals surface area contributed by atoms with Gasteiger partial charge >= 0.3 is 11.9 Å². The van der Waals surface area contributed by atoms with Gasteiger partial charge in [-0.1, -0.05) is 0 Å². The third kappa shape index (κ3) is 3.33. The van der Waals surface area contributed by atoms with E-state index in [0.717, 1.165) is 0 Å². The van der Waals surface area contributed by atoms with Crippen molar-refractivity contribution in [3.63, 3.8) is 0 Å². The third-order valence-corrected chi connectivity index (χ3v) is 2.61. The molecule has 17 heavy (non-hydrogen) atoms. The minimum atomic E-state index is -1.18. The number of halogens is 1. The summed E-state index contributed by atoms with van der Waals surface area (Å²) in [5.41, 5.74) is 0. The number of esters is 2. The van der Waals surface area contributed by atoms with E-state index in [4.69, 9.17) is 13.9 Å². The van der Waals surface area contributed by atoms with Gasteiger partial charge in [0.25, 0.3) is 0 Å². The van der Waals surface area contributed by atoms with Crippen LogP contribution in [0.15, 0.2) is 21.2 Å². The molecule has 0 fully saturated rings. The fourth-order valence-electron chi connectivity index (χ4n) is 1.27. The normalized spacial score (nSPS) is 10.4. The average molecular weight is 305 g/mol. The molecule has 0 radical (unpaired) electrons. The van der Waals surface area contributed by atoms with Crippen molar-refractivity contribution in [1.29, 1.82) is 0 Å². The van der Waals surface area contributed by atoms with Crippen molar-refractivity contribution < 1.29 is 23.5 Å². The zero-order valence-electron chi connectivity index (χ0n) is 9.57. The first kappa shape index (κ1) is 13.8. The van der Waals surface area contributed by atoms with Crippen LogP contribution >= 0.6 is 15.9 Å². The Kier molecular flexibility index (Phi) is 5.21. The van der Waals surface area contributed by atoms with Gasteiger partial charge in [-0.2, -0.15) is 0 Å². The molecule has 0 unspecified atom stereocenters. The van der Waals surface area contributed by atoms with Crippen molar-refractivity contribution in [2.45, 2.75) is 19.8 Å². The van der Waals surface area contributed by atoms with Crippen molar-refractivity contribution in [3.05, 3.63) is 22.6 Å². The second-order valence-electron chi connectivity index (χ2n) is 3.07. The Balaban J connectivity index is 2.98. The zero-order valence-corrected chi connectivity index (χ0v) is 11.2. The monoisotopic (exact) mass is 304 g/mol. The summed E-state index contributed by atoms with van der Waals surface area (Å²) in [4.78, 5) is 23.4. The van der Waals surface area contributed by atoms with Crippen LogP contribution < -0.4 is 0 Å². The number of carbonyl (C=O) groups is 2. The van der Waals surface area contributed by atoms with Gasteiger partial charge in [0.15, 0.2) is 0 Å². The fourth-order valence-corrected chi connectivity index (χ4v) is 1.70. The van der Waals surface area contributed by atoms with E-state index in [1.165, 1.54) is 6.26 Å². The second-order valence-corrected chi connectivity index (χ2v) is 3.92. The third-order valence-electron chi connectivity index (χ3n) is 1.95. The highest BCUT2D eigenvalue weighted by Gasteiger charge is 2.35. The summed E-state index contributed by atoms with van der Waals surface area (Å²) in [6.07, 6.45) is 1.38. The molecule has 0 saturated heterocycles. The molecule has 0 aliphatic rings. The summed E-state index contributed by atoms with van der Waals surface area (Å²) in [5.74, 6) is -2.34. The summed E-state index contributed by atoms with van der Waals surface area (Å²) >= 11 is 3.20. The van der Waals surface area contributed by atoms with Gasteiger partial charge in [-0.25, -0.2) is 0 Å². The SMILES string of the molecule is CCOC(=O)C(C(=O)OCC)c1occc1Br. The van der Waals surface area contributed by atoms with Crippen LogP contribution in [0.25, 0.3) is 0 Å². The number of furan rings is 1. The minimum absolute atomic E-state index is 0.188. The first-order valence-electron chi connectivity index (χ1n) is 5.17. The molecule has 0 aliphatic heterocycles. The molecule has 5 nitrogen and oxygen atoms in total. The molecule has 1 heterocycles. The molecule has 1 rings (SSSR count). The molecule has 0 spiro atoms. The smallest absolute Gasteiger partial charge is 0.328 e. The predicted molar refractivity (Wildman–Crippen MR) is 62.4 cm³/mol. The lowest BCUT2D eigenvalue weighted by Crippen LogP contribution is -2.26. The molecular weight excluding hydrogens is 292 g/mol. The lowest BCUT2D eigenvalue weighted by Gasteiger charge is -2.12. The molecule has 0 saturated carbocycles. The standard InChI is InChI=1S/C11H13BrO5/c1-3-15-10(13)8(11(14)16-4-2)9-7(12)5-6-17-9/h5-6,8H,3-4H2,1-2H3. The number of rotatable bonds is 5. The van der Waals surface area contributed by atoms with Crippen molar-refractivity contribution in [2.24, 2.45) is 0 Å². The second kappa shape index (κ2) is 6.44. The van der Waals surface area contributed by atoms with Gasteiger partial charge in [0, 0.05) is 0 Å². The van der Waals surface area contributed by atoms with Crippen LogP contribution in [0.2, 0.25) is 0 Å². The molecule has 6 heteroatoms. The lowest BCUT2D eigenvalue weighted by molar-refractivity contribution is -0.157. The van der Waals surface area contributed by atoms with E-state index in [0.29, 0.717) is 4.47 Å². The number of hydrogen-bond acceptors (Lipinski definition) is 5. The highest BCUT2D eigenvalue weighted by Crippen LogP contribution is 2.28. The predicted octanol–water partition coefficient (Wildman–Crippen LogP) is 2.25. The average Bonchev–Trinajstić information content (AvgIpc) is 2.66. The van der Waals surface area contributed by atoms with Crippen LogP contribution in [0.5, 0.6) is 0 Å². The van der Waals surface area contributed by atoms with E-state index < -0.39 is 17.9 Å². The molecule has 0 bridgehead atoms. The van der Waals surface area contributed by atoms with Crippen molar-refractivity contribution in [2.75, 3.05) is 13.2 Å². The van der Waals surface area contributed by atoms with E-state index in [2.05, 4.69) is 15.9 Å². The molecular formula is C11H13BrO5. The number of carbonyl (C=O) groups excluding carboxylic acids is 2. The van der Waals surface area contributed by atoms with Crippen LogP contribution in [-0.2, 0) is 19.1 Å². The van der Waals surface area contributed by atoms with Crippen LogP contribution in [-0.4, -0.2) is 25.2 Å². The van der Waals surface area contributed by atoms with E-state index in [9.17, 15) is 9.59 Å². The van der Waals surface area contributed by atoms with Crippen LogP contribution in [0.4, 0.5) is 0 Å². The summed E-state index contributed by atoms with van der Waals surface area (Å²) in [6, 6.07) is 1.60. The molecule has 94 valence electrons. The quantitative estimate of drug-likeness (QED) is 0.616. The minimum Gasteiger partial charge on any atom is -0.467 e. The summed E-state index contributed by atoms with van der Waals surface area (Å²) in [5, 5.41) is 0. The first-order chi connectivity index (χ1) is 8.11. The largest absolute Gasteiger partial charge is 0.467 e. The molecule has 0 amide bonds. The van der Waals surface area contributed by atoms with E-state index in [-0.39, 0.29) is 19.0 Å². The topological polar surface area (TPSA) is 65.7 Å². The summed E-state index contributed by atoms with van der Waals surface area (Å²) in [6.45, 7) is 3.70. The van der Waals surface area contributed by atoms with Gasteiger partial charge in [-0.3, -0.25) is 9.59 Å². The summed E-state index contributed by atoms with van der Waals surface area (Å²) in [7, 11) is 0. The zero-order chi connectivity index (χ0) is 12.8. The van der Waals surface area contributed by atoms with E-state index in [1.54, 1.807) is 19.9 Å². The Morgan fingerprint density at radius 1 is 1.29 bits per heavy atom. The van der Waals surface area contributed by atoms with E-state index >= 15 is 0 Å². The highest BCUT2D eigenvalue weighted by atomic mass is 79.9. The van der Waals surface area contributed by atoms with Crippen molar-refractivity contribution >= 4 is 27.9 Å².